The Morgan fingerprint density at radius 1 is 0.435 bits per heavy atom. The Balaban J connectivity index is 1.33. The molecule has 0 heterocycles. The summed E-state index contributed by atoms with van der Waals surface area (Å²) in [6.07, 6.45) is 0. The van der Waals surface area contributed by atoms with Gasteiger partial charge in [-0.25, -0.2) is 0 Å². The van der Waals surface area contributed by atoms with Gasteiger partial charge in [0.2, 0.25) is 6.71 Å². The number of hydrogen-bond donors (Lipinski definition) is 0. The third-order valence-electron chi connectivity index (χ3n) is 9.30. The molecule has 0 saturated heterocycles. The average Bonchev–Trinajstić information content (AvgIpc) is 3.04. The summed E-state index contributed by atoms with van der Waals surface area (Å²) in [7, 11) is 0. The van der Waals surface area contributed by atoms with Crippen LogP contribution in [0.25, 0.3) is 11.1 Å². The number of nitrogens with zero attached hydrogens (tertiary/aromatic N) is 1. The predicted octanol–water partition coefficient (Wildman–Crippen LogP) is 8.93. The number of anilines is 1. The Morgan fingerprint density at radius 3 is 1.20 bits per heavy atom. The van der Waals surface area contributed by atoms with Gasteiger partial charge in [-0.2, -0.15) is 0 Å². The molecule has 0 N–H and O–H groups in total. The maximum atomic E-state index is 2.46. The summed E-state index contributed by atoms with van der Waals surface area (Å²) in [4.78, 5) is 2.46. The highest BCUT2D eigenvalue weighted by Crippen LogP contribution is 2.26. The molecule has 46 heavy (non-hydrogen) atoms. The Hall–Kier alpha value is -4.82. The van der Waals surface area contributed by atoms with E-state index in [0.29, 0.717) is 0 Å². The molecule has 2 heteroatoms. The van der Waals surface area contributed by atoms with Crippen LogP contribution in [0.1, 0.15) is 44.5 Å². The second-order valence-corrected chi connectivity index (χ2v) is 13.1. The molecule has 0 aromatic heterocycles. The molecule has 0 fully saturated rings. The number of aryl methyl sites for hydroxylation is 6. The van der Waals surface area contributed by atoms with Crippen molar-refractivity contribution in [2.75, 3.05) is 4.90 Å². The predicted molar refractivity (Wildman–Crippen MR) is 201 cm³/mol. The van der Waals surface area contributed by atoms with Crippen molar-refractivity contribution in [1.82, 2.24) is 0 Å². The summed E-state index contributed by atoms with van der Waals surface area (Å²) in [5, 5.41) is 0. The van der Waals surface area contributed by atoms with Gasteiger partial charge >= 0.3 is 0 Å². The molecule has 0 bridgehead atoms. The van der Waals surface area contributed by atoms with Gasteiger partial charge in [-0.15, -0.1) is 0 Å². The van der Waals surface area contributed by atoms with E-state index in [4.69, 9.17) is 0 Å². The summed E-state index contributed by atoms with van der Waals surface area (Å²) >= 11 is 0. The van der Waals surface area contributed by atoms with Crippen LogP contribution in [0, 0.1) is 41.5 Å². The Morgan fingerprint density at radius 2 is 0.804 bits per heavy atom. The standard InChI is InChI=1S/C44H44BN/c1-31-25-33(3)43(34(4)26-31)45(44-35(5)27-32(2)28-36(44)6)41-21-17-39(18-22-41)40-19-23-42(24-20-40)46(29-37-13-9-7-10-14-37)30-38-15-11-8-12-16-38/h7-28H,29-30H2,1-6H3. The highest BCUT2D eigenvalue weighted by atomic mass is 15.1. The smallest absolute Gasteiger partial charge is 0.242 e. The fourth-order valence-corrected chi connectivity index (χ4v) is 7.35. The fraction of sp³-hybridized carbons (Fsp3) is 0.182. The van der Waals surface area contributed by atoms with E-state index in [1.54, 1.807) is 0 Å². The van der Waals surface area contributed by atoms with Crippen molar-refractivity contribution in [2.24, 2.45) is 0 Å². The first-order valence-electron chi connectivity index (χ1n) is 16.5. The van der Waals surface area contributed by atoms with Crippen LogP contribution in [-0.4, -0.2) is 6.71 Å². The number of rotatable bonds is 9. The lowest BCUT2D eigenvalue weighted by Gasteiger charge is -2.26. The molecule has 1 nitrogen and oxygen atoms in total. The maximum absolute atomic E-state index is 2.46. The molecule has 6 aromatic carbocycles. The van der Waals surface area contributed by atoms with E-state index in [2.05, 4.69) is 180 Å². The van der Waals surface area contributed by atoms with E-state index in [1.807, 2.05) is 0 Å². The maximum Gasteiger partial charge on any atom is 0.242 e. The quantitative estimate of drug-likeness (QED) is 0.151. The van der Waals surface area contributed by atoms with Crippen molar-refractivity contribution in [1.29, 1.82) is 0 Å². The van der Waals surface area contributed by atoms with Crippen molar-refractivity contribution < 1.29 is 0 Å². The van der Waals surface area contributed by atoms with E-state index in [0.717, 1.165) is 13.1 Å². The van der Waals surface area contributed by atoms with Crippen molar-refractivity contribution in [3.63, 3.8) is 0 Å². The molecule has 0 amide bonds. The SMILES string of the molecule is Cc1cc(C)c(B(c2ccc(-c3ccc(N(Cc4ccccc4)Cc4ccccc4)cc3)cc2)c2c(C)cc(C)cc2C)c(C)c1. The highest BCUT2D eigenvalue weighted by molar-refractivity contribution is 6.96. The third kappa shape index (κ3) is 6.87. The van der Waals surface area contributed by atoms with Crippen LogP contribution in [0.15, 0.2) is 133 Å². The van der Waals surface area contributed by atoms with Crippen LogP contribution >= 0.6 is 0 Å². The van der Waals surface area contributed by atoms with Crippen molar-refractivity contribution in [2.45, 2.75) is 54.6 Å². The molecule has 0 unspecified atom stereocenters. The zero-order valence-corrected chi connectivity index (χ0v) is 28.1. The lowest BCUT2D eigenvalue weighted by atomic mass is 9.34. The highest BCUT2D eigenvalue weighted by Gasteiger charge is 2.28. The van der Waals surface area contributed by atoms with Gasteiger partial charge < -0.3 is 4.90 Å². The van der Waals surface area contributed by atoms with E-state index >= 15 is 0 Å². The van der Waals surface area contributed by atoms with E-state index < -0.39 is 0 Å². The van der Waals surface area contributed by atoms with Crippen molar-refractivity contribution in [3.8, 4) is 11.1 Å². The summed E-state index contributed by atoms with van der Waals surface area (Å²) < 4.78 is 0. The van der Waals surface area contributed by atoms with E-state index in [-0.39, 0.29) is 6.71 Å². The molecule has 6 rings (SSSR count). The van der Waals surface area contributed by atoms with Crippen LogP contribution in [0.4, 0.5) is 5.69 Å². The zero-order chi connectivity index (χ0) is 32.2. The van der Waals surface area contributed by atoms with Crippen LogP contribution < -0.4 is 21.3 Å². The van der Waals surface area contributed by atoms with Gasteiger partial charge in [0.25, 0.3) is 0 Å². The largest absolute Gasteiger partial charge is 0.363 e. The molecule has 0 saturated carbocycles. The minimum absolute atomic E-state index is 0.183. The molecule has 0 aliphatic rings. The lowest BCUT2D eigenvalue weighted by Crippen LogP contribution is -2.55. The summed E-state index contributed by atoms with van der Waals surface area (Å²) in [5.74, 6) is 0. The summed E-state index contributed by atoms with van der Waals surface area (Å²) in [5.41, 5.74) is 18.6. The topological polar surface area (TPSA) is 3.24 Å². The van der Waals surface area contributed by atoms with Gasteiger partial charge in [-0.1, -0.05) is 171 Å². The molecule has 0 radical (unpaired) electrons. The summed E-state index contributed by atoms with van der Waals surface area (Å²) in [6, 6.07) is 49.2. The first kappa shape index (κ1) is 31.2. The first-order chi connectivity index (χ1) is 22.3. The van der Waals surface area contributed by atoms with Gasteiger partial charge in [0.15, 0.2) is 0 Å². The molecule has 0 atom stereocenters. The van der Waals surface area contributed by atoms with Gasteiger partial charge in [0.05, 0.1) is 0 Å². The molecule has 0 aliphatic carbocycles. The fourth-order valence-electron chi connectivity index (χ4n) is 7.35. The number of hydrogen-bond acceptors (Lipinski definition) is 1. The van der Waals surface area contributed by atoms with Crippen molar-refractivity contribution >= 4 is 28.8 Å². The first-order valence-corrected chi connectivity index (χ1v) is 16.5. The van der Waals surface area contributed by atoms with Gasteiger partial charge in [-0.3, -0.25) is 0 Å². The van der Waals surface area contributed by atoms with Crippen molar-refractivity contribution in [3.05, 3.63) is 178 Å². The minimum Gasteiger partial charge on any atom is -0.363 e. The number of benzene rings is 6. The Bertz CT molecular complexity index is 1780. The molecular formula is C44H44BN. The second-order valence-electron chi connectivity index (χ2n) is 13.1. The Kier molecular flexibility index (Phi) is 9.27. The Labute approximate surface area is 276 Å². The molecule has 228 valence electrons. The molecule has 0 aliphatic heterocycles. The van der Waals surface area contributed by atoms with Crippen LogP contribution in [0.5, 0.6) is 0 Å². The zero-order valence-electron chi connectivity index (χ0n) is 28.1. The molecule has 6 aromatic rings. The van der Waals surface area contributed by atoms with E-state index in [9.17, 15) is 0 Å². The third-order valence-corrected chi connectivity index (χ3v) is 9.30. The van der Waals surface area contributed by atoms with Gasteiger partial charge in [-0.05, 0) is 75.9 Å². The minimum atomic E-state index is 0.183. The average molecular weight is 598 g/mol. The molecular weight excluding hydrogens is 553 g/mol. The molecule has 0 spiro atoms. The second kappa shape index (κ2) is 13.7. The normalized spacial score (nSPS) is 11.0. The van der Waals surface area contributed by atoms with E-state index in [1.165, 1.54) is 77.7 Å². The summed E-state index contributed by atoms with van der Waals surface area (Å²) in [6.45, 7) is 15.4. The van der Waals surface area contributed by atoms with Crippen LogP contribution in [0.2, 0.25) is 0 Å². The van der Waals surface area contributed by atoms with Gasteiger partial charge in [0, 0.05) is 18.8 Å². The van der Waals surface area contributed by atoms with Gasteiger partial charge in [0.1, 0.15) is 0 Å². The van der Waals surface area contributed by atoms with Crippen LogP contribution in [-0.2, 0) is 13.1 Å². The lowest BCUT2D eigenvalue weighted by molar-refractivity contribution is 0.800. The monoisotopic (exact) mass is 597 g/mol. The van der Waals surface area contributed by atoms with Crippen LogP contribution in [0.3, 0.4) is 0 Å².